The zero-order chi connectivity index (χ0) is 20.0. The van der Waals surface area contributed by atoms with Crippen LogP contribution < -0.4 is 23.8 Å². The van der Waals surface area contributed by atoms with E-state index in [4.69, 9.17) is 18.9 Å². The van der Waals surface area contributed by atoms with Gasteiger partial charge in [-0.05, 0) is 49.8 Å². The average Bonchev–Trinajstić information content (AvgIpc) is 3.34. The van der Waals surface area contributed by atoms with Gasteiger partial charge in [-0.15, -0.1) is 0 Å². The zero-order valence-electron chi connectivity index (χ0n) is 16.7. The molecule has 29 heavy (non-hydrogen) atoms. The fourth-order valence-corrected chi connectivity index (χ4v) is 4.88. The highest BCUT2D eigenvalue weighted by Gasteiger charge is 2.43. The third kappa shape index (κ3) is 3.33. The Morgan fingerprint density at radius 2 is 1.90 bits per heavy atom. The first-order valence-electron chi connectivity index (χ1n) is 10.1. The zero-order valence-corrected chi connectivity index (χ0v) is 16.7. The lowest BCUT2D eigenvalue weighted by atomic mass is 9.78. The summed E-state index contributed by atoms with van der Waals surface area (Å²) in [6.45, 7) is 4.04. The molecule has 0 radical (unpaired) electrons. The smallest absolute Gasteiger partial charge is 0.231 e. The predicted octanol–water partition coefficient (Wildman–Crippen LogP) is 2.78. The van der Waals surface area contributed by atoms with Crippen molar-refractivity contribution in [3.8, 4) is 23.0 Å². The number of ether oxygens (including phenoxy) is 4. The second-order valence-electron chi connectivity index (χ2n) is 8.08. The number of rotatable bonds is 4. The Balaban J connectivity index is 1.30. The molecule has 0 bridgehead atoms. The van der Waals surface area contributed by atoms with Crippen LogP contribution in [-0.2, 0) is 0 Å². The standard InChI is InChI=1S/C22H26N2O5/c1-13-22(26-2)17(5-6-23-13)24-10-14-7-18(25)20(8-15(14)11-24)29-16-3-4-19-21(9-16)28-12-27-19/h3-6,9,14-15,18,20,25H,7-8,10-12H2,1-2H3/t14-,15+,18+,20+/m0/s1. The van der Waals surface area contributed by atoms with Gasteiger partial charge in [0, 0.05) is 25.4 Å². The number of aliphatic hydroxyl groups excluding tert-OH is 1. The van der Waals surface area contributed by atoms with Gasteiger partial charge in [0.1, 0.15) is 11.9 Å². The molecule has 5 rings (SSSR count). The summed E-state index contributed by atoms with van der Waals surface area (Å²) in [6.07, 6.45) is 2.68. The van der Waals surface area contributed by atoms with Crippen LogP contribution in [0.4, 0.5) is 5.69 Å². The largest absolute Gasteiger partial charge is 0.493 e. The number of fused-ring (bicyclic) bond motifs is 2. The van der Waals surface area contributed by atoms with Crippen molar-refractivity contribution in [2.45, 2.75) is 32.0 Å². The van der Waals surface area contributed by atoms with Crippen LogP contribution in [0.1, 0.15) is 18.5 Å². The first-order valence-corrected chi connectivity index (χ1v) is 10.1. The van der Waals surface area contributed by atoms with Crippen molar-refractivity contribution in [3.63, 3.8) is 0 Å². The summed E-state index contributed by atoms with van der Waals surface area (Å²) in [5, 5.41) is 10.7. The molecule has 1 saturated carbocycles. The van der Waals surface area contributed by atoms with Crippen LogP contribution in [0.5, 0.6) is 23.0 Å². The van der Waals surface area contributed by atoms with Crippen LogP contribution in [0.25, 0.3) is 0 Å². The van der Waals surface area contributed by atoms with E-state index in [1.54, 1.807) is 7.11 Å². The number of hydrogen-bond acceptors (Lipinski definition) is 7. The molecule has 4 atom stereocenters. The molecule has 1 aromatic heterocycles. The number of pyridine rings is 1. The third-order valence-corrected chi connectivity index (χ3v) is 6.32. The Labute approximate surface area is 170 Å². The SMILES string of the molecule is COc1c(N2C[C@H]3C[C@@H](Oc4ccc5c(c4)OCO5)[C@H](O)C[C@H]3C2)ccnc1C. The summed E-state index contributed by atoms with van der Waals surface area (Å²) >= 11 is 0. The first kappa shape index (κ1) is 18.4. The number of anilines is 1. The van der Waals surface area contributed by atoms with Gasteiger partial charge in [0.25, 0.3) is 0 Å². The van der Waals surface area contributed by atoms with Crippen molar-refractivity contribution >= 4 is 5.69 Å². The molecule has 3 heterocycles. The fraction of sp³-hybridized carbons (Fsp3) is 0.500. The highest BCUT2D eigenvalue weighted by molar-refractivity contribution is 5.60. The lowest BCUT2D eigenvalue weighted by Gasteiger charge is -2.35. The van der Waals surface area contributed by atoms with Crippen molar-refractivity contribution in [1.29, 1.82) is 0 Å². The molecule has 2 aliphatic heterocycles. The topological polar surface area (TPSA) is 73.3 Å². The van der Waals surface area contributed by atoms with E-state index in [9.17, 15) is 5.11 Å². The molecule has 0 unspecified atom stereocenters. The van der Waals surface area contributed by atoms with Gasteiger partial charge in [0.2, 0.25) is 6.79 Å². The van der Waals surface area contributed by atoms with E-state index in [1.807, 2.05) is 37.4 Å². The minimum absolute atomic E-state index is 0.224. The number of nitrogens with zero attached hydrogens (tertiary/aromatic N) is 2. The van der Waals surface area contributed by atoms with E-state index >= 15 is 0 Å². The van der Waals surface area contributed by atoms with Crippen LogP contribution in [0.3, 0.4) is 0 Å². The van der Waals surface area contributed by atoms with E-state index < -0.39 is 6.10 Å². The number of benzene rings is 1. The highest BCUT2D eigenvalue weighted by Crippen LogP contribution is 2.43. The van der Waals surface area contributed by atoms with Crippen molar-refractivity contribution < 1.29 is 24.1 Å². The second kappa shape index (κ2) is 7.30. The Bertz CT molecular complexity index is 905. The molecule has 3 aliphatic rings. The number of methoxy groups -OCH3 is 1. The molecule has 1 N–H and O–H groups in total. The molecule has 2 fully saturated rings. The predicted molar refractivity (Wildman–Crippen MR) is 107 cm³/mol. The maximum atomic E-state index is 10.7. The van der Waals surface area contributed by atoms with E-state index in [1.165, 1.54) is 0 Å². The van der Waals surface area contributed by atoms with E-state index in [2.05, 4.69) is 9.88 Å². The second-order valence-corrected chi connectivity index (χ2v) is 8.08. The van der Waals surface area contributed by atoms with Gasteiger partial charge in [-0.3, -0.25) is 4.98 Å². The number of aromatic nitrogens is 1. The number of aryl methyl sites for hydroxylation is 1. The van der Waals surface area contributed by atoms with E-state index in [0.29, 0.717) is 23.3 Å². The summed E-state index contributed by atoms with van der Waals surface area (Å²) in [5.74, 6) is 3.88. The highest BCUT2D eigenvalue weighted by atomic mass is 16.7. The Morgan fingerprint density at radius 3 is 2.72 bits per heavy atom. The quantitative estimate of drug-likeness (QED) is 0.849. The molecular weight excluding hydrogens is 372 g/mol. The monoisotopic (exact) mass is 398 g/mol. The van der Waals surface area contributed by atoms with Crippen LogP contribution >= 0.6 is 0 Å². The van der Waals surface area contributed by atoms with Crippen molar-refractivity contribution in [2.24, 2.45) is 11.8 Å². The van der Waals surface area contributed by atoms with E-state index in [-0.39, 0.29) is 12.9 Å². The van der Waals surface area contributed by atoms with E-state index in [0.717, 1.165) is 48.8 Å². The van der Waals surface area contributed by atoms with Gasteiger partial charge < -0.3 is 29.0 Å². The third-order valence-electron chi connectivity index (χ3n) is 6.32. The minimum atomic E-state index is -0.484. The van der Waals surface area contributed by atoms with Gasteiger partial charge in [-0.25, -0.2) is 0 Å². The van der Waals surface area contributed by atoms with Crippen molar-refractivity contribution in [1.82, 2.24) is 4.98 Å². The summed E-state index contributed by atoms with van der Waals surface area (Å²) in [6, 6.07) is 7.58. The van der Waals surface area contributed by atoms with Crippen molar-refractivity contribution in [2.75, 3.05) is 31.9 Å². The molecule has 1 aliphatic carbocycles. The lowest BCUT2D eigenvalue weighted by Crippen LogP contribution is -2.42. The average molecular weight is 398 g/mol. The van der Waals surface area contributed by atoms with Crippen LogP contribution in [-0.4, -0.2) is 49.3 Å². The molecule has 1 aromatic carbocycles. The maximum Gasteiger partial charge on any atom is 0.231 e. The Kier molecular flexibility index (Phi) is 4.62. The fourth-order valence-electron chi connectivity index (χ4n) is 4.88. The molecule has 7 heteroatoms. The van der Waals surface area contributed by atoms with Gasteiger partial charge in [-0.2, -0.15) is 0 Å². The Morgan fingerprint density at radius 1 is 1.10 bits per heavy atom. The van der Waals surface area contributed by atoms with Gasteiger partial charge in [-0.1, -0.05) is 0 Å². The summed E-state index contributed by atoms with van der Waals surface area (Å²) in [7, 11) is 1.69. The molecule has 1 saturated heterocycles. The van der Waals surface area contributed by atoms with Crippen LogP contribution in [0.2, 0.25) is 0 Å². The summed E-state index contributed by atoms with van der Waals surface area (Å²) in [4.78, 5) is 6.70. The minimum Gasteiger partial charge on any atom is -0.493 e. The van der Waals surface area contributed by atoms with Gasteiger partial charge in [0.05, 0.1) is 24.6 Å². The normalized spacial score (nSPS) is 27.6. The molecule has 0 amide bonds. The number of aliphatic hydroxyl groups is 1. The van der Waals surface area contributed by atoms with Crippen molar-refractivity contribution in [3.05, 3.63) is 36.2 Å². The molecular formula is C22H26N2O5. The maximum absolute atomic E-state index is 10.7. The van der Waals surface area contributed by atoms with Gasteiger partial charge in [0.15, 0.2) is 17.2 Å². The number of hydrogen-bond donors (Lipinski definition) is 1. The van der Waals surface area contributed by atoms with Gasteiger partial charge >= 0.3 is 0 Å². The van der Waals surface area contributed by atoms with Crippen LogP contribution in [0.15, 0.2) is 30.5 Å². The lowest BCUT2D eigenvalue weighted by molar-refractivity contribution is -0.0232. The summed E-state index contributed by atoms with van der Waals surface area (Å²) in [5.41, 5.74) is 1.97. The van der Waals surface area contributed by atoms with Crippen LogP contribution in [0, 0.1) is 18.8 Å². The Hall–Kier alpha value is -2.67. The molecule has 2 aromatic rings. The molecule has 0 spiro atoms. The summed E-state index contributed by atoms with van der Waals surface area (Å²) < 4.78 is 22.6. The molecule has 154 valence electrons. The molecule has 7 nitrogen and oxygen atoms in total. The first-order chi connectivity index (χ1) is 14.1.